The normalized spacial score (nSPS) is 11.2. The Balaban J connectivity index is 2.20. The fraction of sp³-hybridized carbons (Fsp3) is 0.286. The van der Waals surface area contributed by atoms with E-state index in [1.807, 2.05) is 32.0 Å². The second-order valence-corrected chi connectivity index (χ2v) is 4.87. The lowest BCUT2D eigenvalue weighted by atomic mass is 10.1. The topological polar surface area (TPSA) is 56.0 Å². The molecule has 1 aromatic carbocycles. The number of nitrogens with one attached hydrogen (secondary N) is 1. The van der Waals surface area contributed by atoms with Crippen molar-refractivity contribution in [1.29, 1.82) is 0 Å². The zero-order valence-electron chi connectivity index (χ0n) is 11.6. The Bertz CT molecular complexity index is 829. The molecule has 20 heavy (non-hydrogen) atoms. The third-order valence-corrected chi connectivity index (χ3v) is 3.68. The van der Waals surface area contributed by atoms with Crippen molar-refractivity contribution in [1.82, 2.24) is 14.8 Å². The minimum absolute atomic E-state index is 0.387. The molecule has 104 valence electrons. The summed E-state index contributed by atoms with van der Waals surface area (Å²) in [6.07, 6.45) is 0. The Hall–Kier alpha value is -2.08. The maximum absolute atomic E-state index is 5.56. The molecule has 0 spiro atoms. The van der Waals surface area contributed by atoms with E-state index < -0.39 is 0 Å². The van der Waals surface area contributed by atoms with Crippen LogP contribution in [0.3, 0.4) is 0 Å². The number of H-pyrrole nitrogens is 1. The number of rotatable bonds is 3. The van der Waals surface area contributed by atoms with Gasteiger partial charge in [0.2, 0.25) is 0 Å². The van der Waals surface area contributed by atoms with Crippen LogP contribution in [0, 0.1) is 11.8 Å². The first-order valence-electron chi connectivity index (χ1n) is 6.38. The molecule has 2 aromatic heterocycles. The fourth-order valence-corrected chi connectivity index (χ4v) is 2.50. The number of ether oxygens (including phenoxy) is 1. The SMILES string of the molecule is CCn1nc(-c2[nH]c3ccc(OC)cc3c2C)oc1=S. The van der Waals surface area contributed by atoms with Crippen molar-refractivity contribution in [3.63, 3.8) is 0 Å². The molecule has 0 saturated carbocycles. The van der Waals surface area contributed by atoms with Crippen LogP contribution in [0.1, 0.15) is 12.5 Å². The predicted molar refractivity (Wildman–Crippen MR) is 79.6 cm³/mol. The van der Waals surface area contributed by atoms with E-state index in [2.05, 4.69) is 10.1 Å². The molecule has 0 fully saturated rings. The number of aromatic nitrogens is 3. The molecule has 0 saturated heterocycles. The zero-order chi connectivity index (χ0) is 14.3. The largest absolute Gasteiger partial charge is 0.497 e. The van der Waals surface area contributed by atoms with Gasteiger partial charge in [-0.3, -0.25) is 0 Å². The van der Waals surface area contributed by atoms with Crippen LogP contribution in [0.5, 0.6) is 5.75 Å². The van der Waals surface area contributed by atoms with Gasteiger partial charge in [0, 0.05) is 17.4 Å². The van der Waals surface area contributed by atoms with Crippen molar-refractivity contribution < 1.29 is 9.15 Å². The van der Waals surface area contributed by atoms with Gasteiger partial charge < -0.3 is 14.1 Å². The average Bonchev–Trinajstić information content (AvgIpc) is 2.99. The molecule has 0 aliphatic rings. The van der Waals surface area contributed by atoms with Crippen LogP contribution >= 0.6 is 12.2 Å². The number of nitrogens with zero attached hydrogens (tertiary/aromatic N) is 2. The summed E-state index contributed by atoms with van der Waals surface area (Å²) in [6, 6.07) is 5.90. The van der Waals surface area contributed by atoms with Gasteiger partial charge in [-0.15, -0.1) is 5.10 Å². The molecular weight excluding hydrogens is 274 g/mol. The standard InChI is InChI=1S/C14H15N3O2S/c1-4-17-14(20)19-13(16-17)12-8(2)10-7-9(18-3)5-6-11(10)15-12/h5-7,15H,4H2,1-3H3. The number of methoxy groups -OCH3 is 1. The summed E-state index contributed by atoms with van der Waals surface area (Å²) in [5.74, 6) is 1.34. The van der Waals surface area contributed by atoms with Crippen LogP contribution in [-0.4, -0.2) is 21.9 Å². The van der Waals surface area contributed by atoms with E-state index in [0.29, 0.717) is 17.3 Å². The molecule has 5 nitrogen and oxygen atoms in total. The van der Waals surface area contributed by atoms with Crippen LogP contribution in [-0.2, 0) is 6.54 Å². The molecule has 1 N–H and O–H groups in total. The van der Waals surface area contributed by atoms with E-state index in [1.54, 1.807) is 11.8 Å². The first kappa shape index (κ1) is 12.9. The van der Waals surface area contributed by atoms with Gasteiger partial charge in [0.25, 0.3) is 10.7 Å². The van der Waals surface area contributed by atoms with Crippen LogP contribution in [0.25, 0.3) is 22.5 Å². The second-order valence-electron chi connectivity index (χ2n) is 4.53. The summed E-state index contributed by atoms with van der Waals surface area (Å²) in [6.45, 7) is 4.69. The first-order valence-corrected chi connectivity index (χ1v) is 6.79. The maximum Gasteiger partial charge on any atom is 0.287 e. The Morgan fingerprint density at radius 1 is 1.45 bits per heavy atom. The van der Waals surface area contributed by atoms with Gasteiger partial charge in [-0.05, 0) is 49.8 Å². The zero-order valence-corrected chi connectivity index (χ0v) is 12.4. The Labute approximate surface area is 121 Å². The molecule has 0 unspecified atom stereocenters. The van der Waals surface area contributed by atoms with Gasteiger partial charge in [-0.1, -0.05) is 0 Å². The highest BCUT2D eigenvalue weighted by Gasteiger charge is 2.15. The molecule has 0 radical (unpaired) electrons. The van der Waals surface area contributed by atoms with Crippen molar-refractivity contribution in [3.05, 3.63) is 28.6 Å². The van der Waals surface area contributed by atoms with E-state index in [1.165, 1.54) is 0 Å². The van der Waals surface area contributed by atoms with Gasteiger partial charge in [0.15, 0.2) is 0 Å². The number of benzene rings is 1. The van der Waals surface area contributed by atoms with E-state index in [0.717, 1.165) is 27.9 Å². The number of aryl methyl sites for hydroxylation is 2. The molecular formula is C14H15N3O2S. The van der Waals surface area contributed by atoms with Crippen LogP contribution < -0.4 is 4.74 Å². The lowest BCUT2D eigenvalue weighted by Gasteiger charge is -1.98. The minimum Gasteiger partial charge on any atom is -0.497 e. The molecule has 0 bridgehead atoms. The number of hydrogen-bond acceptors (Lipinski definition) is 4. The predicted octanol–water partition coefficient (Wildman–Crippen LogP) is 3.69. The number of fused-ring (bicyclic) bond motifs is 1. The number of aromatic amines is 1. The van der Waals surface area contributed by atoms with Crippen molar-refractivity contribution in [3.8, 4) is 17.3 Å². The third-order valence-electron chi connectivity index (χ3n) is 3.39. The maximum atomic E-state index is 5.56. The van der Waals surface area contributed by atoms with Crippen molar-refractivity contribution in [2.24, 2.45) is 0 Å². The lowest BCUT2D eigenvalue weighted by molar-refractivity contribution is 0.415. The summed E-state index contributed by atoms with van der Waals surface area (Å²) in [4.78, 5) is 3.71. The molecule has 6 heteroatoms. The molecule has 0 aliphatic carbocycles. The summed E-state index contributed by atoms with van der Waals surface area (Å²) in [5, 5.41) is 5.47. The molecule has 3 aromatic rings. The van der Waals surface area contributed by atoms with Gasteiger partial charge in [0.05, 0.1) is 7.11 Å². The Morgan fingerprint density at radius 3 is 2.90 bits per heavy atom. The average molecular weight is 289 g/mol. The monoisotopic (exact) mass is 289 g/mol. The smallest absolute Gasteiger partial charge is 0.287 e. The van der Waals surface area contributed by atoms with E-state index in [-0.39, 0.29) is 0 Å². The Morgan fingerprint density at radius 2 is 2.25 bits per heavy atom. The lowest BCUT2D eigenvalue weighted by Crippen LogP contribution is -1.96. The molecule has 0 aliphatic heterocycles. The van der Waals surface area contributed by atoms with Crippen molar-refractivity contribution >= 4 is 23.1 Å². The van der Waals surface area contributed by atoms with Crippen LogP contribution in [0.15, 0.2) is 22.6 Å². The van der Waals surface area contributed by atoms with Crippen LogP contribution in [0.2, 0.25) is 0 Å². The minimum atomic E-state index is 0.387. The van der Waals surface area contributed by atoms with Gasteiger partial charge in [-0.25, -0.2) is 4.68 Å². The molecule has 0 atom stereocenters. The second kappa shape index (κ2) is 4.79. The summed E-state index contributed by atoms with van der Waals surface area (Å²) in [5.41, 5.74) is 2.94. The third kappa shape index (κ3) is 1.92. The molecule has 0 amide bonds. The van der Waals surface area contributed by atoms with E-state index in [9.17, 15) is 0 Å². The van der Waals surface area contributed by atoms with Crippen molar-refractivity contribution in [2.45, 2.75) is 20.4 Å². The highest BCUT2D eigenvalue weighted by Crippen LogP contribution is 2.31. The van der Waals surface area contributed by atoms with E-state index in [4.69, 9.17) is 21.4 Å². The summed E-state index contributed by atoms with van der Waals surface area (Å²) in [7, 11) is 1.66. The van der Waals surface area contributed by atoms with Crippen molar-refractivity contribution in [2.75, 3.05) is 7.11 Å². The van der Waals surface area contributed by atoms with Crippen LogP contribution in [0.4, 0.5) is 0 Å². The highest BCUT2D eigenvalue weighted by atomic mass is 32.1. The fourth-order valence-electron chi connectivity index (χ4n) is 2.25. The van der Waals surface area contributed by atoms with Gasteiger partial charge >= 0.3 is 0 Å². The molecule has 3 rings (SSSR count). The van der Waals surface area contributed by atoms with Gasteiger partial charge in [-0.2, -0.15) is 0 Å². The van der Waals surface area contributed by atoms with Gasteiger partial charge in [0.1, 0.15) is 11.4 Å². The first-order chi connectivity index (χ1) is 9.63. The molecule has 2 heterocycles. The summed E-state index contributed by atoms with van der Waals surface area (Å²) < 4.78 is 12.5. The number of hydrogen-bond donors (Lipinski definition) is 1. The van der Waals surface area contributed by atoms with E-state index >= 15 is 0 Å². The quantitative estimate of drug-likeness (QED) is 0.747. The Kier molecular flexibility index (Phi) is 3.10. The highest BCUT2D eigenvalue weighted by molar-refractivity contribution is 7.71. The summed E-state index contributed by atoms with van der Waals surface area (Å²) >= 11 is 5.14.